The van der Waals surface area contributed by atoms with Crippen molar-refractivity contribution in [3.8, 4) is 33.6 Å². The summed E-state index contributed by atoms with van der Waals surface area (Å²) in [6, 6.07) is 9.61. The molecule has 0 unspecified atom stereocenters. The lowest BCUT2D eigenvalue weighted by atomic mass is 10.1. The first-order chi connectivity index (χ1) is 9.83. The van der Waals surface area contributed by atoms with E-state index in [0.29, 0.717) is 17.3 Å². The largest absolute Gasteiger partial charge is 0.493 e. The second-order valence-corrected chi connectivity index (χ2v) is 4.97. The summed E-state index contributed by atoms with van der Waals surface area (Å²) in [6.45, 7) is 0. The van der Waals surface area contributed by atoms with E-state index in [1.807, 2.05) is 35.7 Å². The van der Waals surface area contributed by atoms with Crippen LogP contribution in [0.25, 0.3) is 22.1 Å². The van der Waals surface area contributed by atoms with Gasteiger partial charge in [-0.3, -0.25) is 5.10 Å². The van der Waals surface area contributed by atoms with Crippen LogP contribution in [0.4, 0.5) is 0 Å². The fourth-order valence-corrected chi connectivity index (χ4v) is 2.63. The zero-order valence-electron chi connectivity index (χ0n) is 11.1. The molecule has 0 saturated carbocycles. The Labute approximate surface area is 120 Å². The molecule has 0 atom stereocenters. The van der Waals surface area contributed by atoms with E-state index in [1.165, 1.54) is 0 Å². The zero-order chi connectivity index (χ0) is 13.9. The van der Waals surface area contributed by atoms with Gasteiger partial charge in [0.05, 0.1) is 24.7 Å². The highest BCUT2D eigenvalue weighted by Crippen LogP contribution is 2.36. The molecular weight excluding hydrogens is 274 g/mol. The molecule has 1 N–H and O–H groups in total. The molecule has 0 aliphatic rings. The third kappa shape index (κ3) is 2.14. The lowest BCUT2D eigenvalue weighted by Crippen LogP contribution is -1.94. The molecule has 102 valence electrons. The maximum Gasteiger partial charge on any atom is 0.185 e. The molecule has 1 aromatic carbocycles. The first kappa shape index (κ1) is 12.7. The van der Waals surface area contributed by atoms with Crippen molar-refractivity contribution >= 4 is 11.3 Å². The van der Waals surface area contributed by atoms with Gasteiger partial charge < -0.3 is 9.47 Å². The minimum atomic E-state index is 0.587. The van der Waals surface area contributed by atoms with Crippen LogP contribution in [0.5, 0.6) is 11.5 Å². The number of thiophene rings is 1. The second-order valence-electron chi connectivity index (χ2n) is 4.03. The number of para-hydroxylation sites is 1. The Morgan fingerprint density at radius 3 is 2.70 bits per heavy atom. The van der Waals surface area contributed by atoms with Gasteiger partial charge in [0.25, 0.3) is 0 Å². The molecule has 0 aliphatic carbocycles. The summed E-state index contributed by atoms with van der Waals surface area (Å²) in [4.78, 5) is 5.56. The summed E-state index contributed by atoms with van der Waals surface area (Å²) in [5.41, 5.74) is 0.797. The zero-order valence-corrected chi connectivity index (χ0v) is 11.9. The van der Waals surface area contributed by atoms with Crippen molar-refractivity contribution in [3.05, 3.63) is 35.7 Å². The average Bonchev–Trinajstić information content (AvgIpc) is 3.16. The molecule has 20 heavy (non-hydrogen) atoms. The number of nitrogens with one attached hydrogen (secondary N) is 1. The van der Waals surface area contributed by atoms with E-state index >= 15 is 0 Å². The van der Waals surface area contributed by atoms with Gasteiger partial charge in [0.1, 0.15) is 0 Å². The molecule has 2 heterocycles. The maximum absolute atomic E-state index is 5.41. The predicted octanol–water partition coefficient (Wildman–Crippen LogP) is 3.22. The fraction of sp³-hybridized carbons (Fsp3) is 0.143. The number of hydrogen-bond donors (Lipinski definition) is 1. The smallest absolute Gasteiger partial charge is 0.185 e. The molecular formula is C14H13N3O2S. The van der Waals surface area contributed by atoms with Crippen LogP contribution < -0.4 is 9.47 Å². The SMILES string of the molecule is COc1cccc(-c2n[nH]c(-c3cccs3)n2)c1OC. The summed E-state index contributed by atoms with van der Waals surface area (Å²) in [5, 5.41) is 9.21. The molecule has 2 aromatic heterocycles. The van der Waals surface area contributed by atoms with E-state index in [4.69, 9.17) is 9.47 Å². The number of H-pyrrole nitrogens is 1. The topological polar surface area (TPSA) is 60.0 Å². The van der Waals surface area contributed by atoms with E-state index in [0.717, 1.165) is 16.3 Å². The van der Waals surface area contributed by atoms with Crippen molar-refractivity contribution in [1.29, 1.82) is 0 Å². The van der Waals surface area contributed by atoms with E-state index in [1.54, 1.807) is 25.6 Å². The Kier molecular flexibility index (Phi) is 3.39. The minimum absolute atomic E-state index is 0.587. The first-order valence-corrected chi connectivity index (χ1v) is 6.89. The number of aromatic nitrogens is 3. The number of rotatable bonds is 4. The van der Waals surface area contributed by atoms with Gasteiger partial charge in [-0.05, 0) is 23.6 Å². The Morgan fingerprint density at radius 1 is 1.10 bits per heavy atom. The Morgan fingerprint density at radius 2 is 2.00 bits per heavy atom. The maximum atomic E-state index is 5.41. The Balaban J connectivity index is 2.06. The first-order valence-electron chi connectivity index (χ1n) is 6.01. The third-order valence-electron chi connectivity index (χ3n) is 2.88. The van der Waals surface area contributed by atoms with Crippen molar-refractivity contribution in [2.24, 2.45) is 0 Å². The number of nitrogens with zero attached hydrogens (tertiary/aromatic N) is 2. The van der Waals surface area contributed by atoms with Crippen molar-refractivity contribution in [1.82, 2.24) is 15.2 Å². The highest BCUT2D eigenvalue weighted by atomic mass is 32.1. The monoisotopic (exact) mass is 287 g/mol. The highest BCUT2D eigenvalue weighted by molar-refractivity contribution is 7.13. The number of benzene rings is 1. The van der Waals surface area contributed by atoms with Crippen LogP contribution in [0.15, 0.2) is 35.7 Å². The standard InChI is InChI=1S/C14H13N3O2S/c1-18-10-6-3-5-9(12(10)19-2)13-15-14(17-16-13)11-7-4-8-20-11/h3-8H,1-2H3,(H,15,16,17). The molecule has 0 spiro atoms. The van der Waals surface area contributed by atoms with Gasteiger partial charge in [0, 0.05) is 0 Å². The minimum Gasteiger partial charge on any atom is -0.493 e. The van der Waals surface area contributed by atoms with Crippen LogP contribution in [0.3, 0.4) is 0 Å². The van der Waals surface area contributed by atoms with Gasteiger partial charge in [0.15, 0.2) is 23.1 Å². The van der Waals surface area contributed by atoms with Crippen LogP contribution in [0.1, 0.15) is 0 Å². The van der Waals surface area contributed by atoms with Gasteiger partial charge in [-0.25, -0.2) is 4.98 Å². The molecule has 0 bridgehead atoms. The van der Waals surface area contributed by atoms with Gasteiger partial charge >= 0.3 is 0 Å². The molecule has 0 saturated heterocycles. The van der Waals surface area contributed by atoms with Crippen molar-refractivity contribution in [2.45, 2.75) is 0 Å². The summed E-state index contributed by atoms with van der Waals surface area (Å²) in [6.07, 6.45) is 0. The molecule has 5 nitrogen and oxygen atoms in total. The van der Waals surface area contributed by atoms with Gasteiger partial charge in [-0.1, -0.05) is 12.1 Å². The van der Waals surface area contributed by atoms with E-state index in [9.17, 15) is 0 Å². The van der Waals surface area contributed by atoms with Crippen LogP contribution in [-0.4, -0.2) is 29.4 Å². The van der Waals surface area contributed by atoms with E-state index < -0.39 is 0 Å². The van der Waals surface area contributed by atoms with Crippen LogP contribution in [-0.2, 0) is 0 Å². The summed E-state index contributed by atoms with van der Waals surface area (Å²) in [7, 11) is 3.21. The van der Waals surface area contributed by atoms with Crippen molar-refractivity contribution in [2.75, 3.05) is 14.2 Å². The van der Waals surface area contributed by atoms with Crippen LogP contribution >= 0.6 is 11.3 Å². The van der Waals surface area contributed by atoms with E-state index in [-0.39, 0.29) is 0 Å². The molecule has 0 aliphatic heterocycles. The molecule has 6 heteroatoms. The van der Waals surface area contributed by atoms with Gasteiger partial charge in [-0.2, -0.15) is 5.10 Å². The third-order valence-corrected chi connectivity index (χ3v) is 3.76. The molecule has 0 radical (unpaired) electrons. The molecule has 3 aromatic rings. The van der Waals surface area contributed by atoms with Crippen molar-refractivity contribution < 1.29 is 9.47 Å². The quantitative estimate of drug-likeness (QED) is 0.800. The normalized spacial score (nSPS) is 10.5. The molecule has 0 amide bonds. The Hall–Kier alpha value is -2.34. The number of aromatic amines is 1. The van der Waals surface area contributed by atoms with Gasteiger partial charge in [-0.15, -0.1) is 11.3 Å². The lowest BCUT2D eigenvalue weighted by molar-refractivity contribution is 0.356. The highest BCUT2D eigenvalue weighted by Gasteiger charge is 2.16. The van der Waals surface area contributed by atoms with E-state index in [2.05, 4.69) is 15.2 Å². The fourth-order valence-electron chi connectivity index (χ4n) is 1.97. The summed E-state index contributed by atoms with van der Waals surface area (Å²) >= 11 is 1.61. The predicted molar refractivity (Wildman–Crippen MR) is 78.2 cm³/mol. The lowest BCUT2D eigenvalue weighted by Gasteiger charge is -2.09. The molecule has 0 fully saturated rings. The van der Waals surface area contributed by atoms with Crippen LogP contribution in [0.2, 0.25) is 0 Å². The van der Waals surface area contributed by atoms with Crippen molar-refractivity contribution in [3.63, 3.8) is 0 Å². The number of ether oxygens (including phenoxy) is 2. The van der Waals surface area contributed by atoms with Crippen LogP contribution in [0, 0.1) is 0 Å². The summed E-state index contributed by atoms with van der Waals surface area (Å²) in [5.74, 6) is 2.63. The number of methoxy groups -OCH3 is 2. The number of hydrogen-bond acceptors (Lipinski definition) is 5. The summed E-state index contributed by atoms with van der Waals surface area (Å²) < 4.78 is 10.7. The van der Waals surface area contributed by atoms with Gasteiger partial charge in [0.2, 0.25) is 0 Å². The molecule has 3 rings (SSSR count). The Bertz CT molecular complexity index is 707. The average molecular weight is 287 g/mol. The second kappa shape index (κ2) is 5.34.